The average molecular weight is 483 g/mol. The van der Waals surface area contributed by atoms with Crippen molar-refractivity contribution in [3.8, 4) is 11.3 Å². The van der Waals surface area contributed by atoms with Crippen LogP contribution in [-0.4, -0.2) is 23.0 Å². The molecule has 3 aromatic rings. The van der Waals surface area contributed by atoms with Crippen molar-refractivity contribution < 1.29 is 4.42 Å². The lowest BCUT2D eigenvalue weighted by Crippen LogP contribution is -2.36. The van der Waals surface area contributed by atoms with E-state index >= 15 is 0 Å². The Balaban J connectivity index is 0.00000243. The molecule has 26 heavy (non-hydrogen) atoms. The molecule has 0 amide bonds. The van der Waals surface area contributed by atoms with E-state index in [2.05, 4.69) is 44.7 Å². The van der Waals surface area contributed by atoms with Gasteiger partial charge in [0, 0.05) is 23.7 Å². The molecule has 0 radical (unpaired) electrons. The molecule has 0 fully saturated rings. The number of hydrogen-bond acceptors (Lipinski definition) is 5. The topological polar surface area (TPSA) is 75.3 Å². The van der Waals surface area contributed by atoms with Gasteiger partial charge in [0.2, 0.25) is 5.89 Å². The lowest BCUT2D eigenvalue weighted by atomic mass is 10.1. The maximum atomic E-state index is 5.80. The number of oxazole rings is 1. The number of hydrogen-bond donors (Lipinski definition) is 2. The van der Waals surface area contributed by atoms with E-state index in [0.29, 0.717) is 24.9 Å². The smallest absolute Gasteiger partial charge is 0.214 e. The zero-order valence-corrected chi connectivity index (χ0v) is 18.1. The Morgan fingerprint density at radius 3 is 2.46 bits per heavy atom. The first-order chi connectivity index (χ1) is 12.1. The van der Waals surface area contributed by atoms with Crippen molar-refractivity contribution in [3.63, 3.8) is 0 Å². The Morgan fingerprint density at radius 2 is 1.81 bits per heavy atom. The molecule has 0 spiro atoms. The molecule has 0 aliphatic heterocycles. The summed E-state index contributed by atoms with van der Waals surface area (Å²) in [6.07, 6.45) is 3.62. The summed E-state index contributed by atoms with van der Waals surface area (Å²) in [5.74, 6) is 2.06. The van der Waals surface area contributed by atoms with Crippen LogP contribution in [0.1, 0.15) is 21.3 Å². The minimum Gasteiger partial charge on any atom is -0.439 e. The van der Waals surface area contributed by atoms with Gasteiger partial charge in [0.25, 0.3) is 0 Å². The van der Waals surface area contributed by atoms with Crippen molar-refractivity contribution in [1.82, 2.24) is 20.6 Å². The Morgan fingerprint density at radius 1 is 1.08 bits per heavy atom. The molecule has 8 heteroatoms. The van der Waals surface area contributed by atoms with Crippen LogP contribution in [0.5, 0.6) is 0 Å². The van der Waals surface area contributed by atoms with Crippen LogP contribution in [0.2, 0.25) is 0 Å². The van der Waals surface area contributed by atoms with E-state index in [0.717, 1.165) is 16.3 Å². The molecule has 3 rings (SSSR count). The third kappa shape index (κ3) is 5.53. The SMILES string of the molecule is CN=C(NCc1ncc(-c2ccc(C)cc2)o1)NCc1ncc(C)s1.I. The summed E-state index contributed by atoms with van der Waals surface area (Å²) in [5, 5.41) is 7.45. The third-order valence-electron chi connectivity index (χ3n) is 3.60. The number of thiazole rings is 1. The second-order valence-corrected chi connectivity index (χ2v) is 6.95. The van der Waals surface area contributed by atoms with Crippen molar-refractivity contribution in [2.45, 2.75) is 26.9 Å². The van der Waals surface area contributed by atoms with Crippen LogP contribution in [0.3, 0.4) is 0 Å². The minimum atomic E-state index is 0. The molecule has 0 unspecified atom stereocenters. The molecule has 0 atom stereocenters. The zero-order valence-electron chi connectivity index (χ0n) is 14.9. The van der Waals surface area contributed by atoms with Crippen LogP contribution >= 0.6 is 35.3 Å². The normalized spacial score (nSPS) is 11.1. The summed E-state index contributed by atoms with van der Waals surface area (Å²) in [7, 11) is 1.73. The summed E-state index contributed by atoms with van der Waals surface area (Å²) < 4.78 is 5.80. The first-order valence-electron chi connectivity index (χ1n) is 8.01. The fourth-order valence-electron chi connectivity index (χ4n) is 2.27. The molecule has 0 aliphatic rings. The molecular weight excluding hydrogens is 461 g/mol. The van der Waals surface area contributed by atoms with Crippen LogP contribution in [0, 0.1) is 13.8 Å². The van der Waals surface area contributed by atoms with Crippen LogP contribution in [0.15, 0.2) is 46.1 Å². The van der Waals surface area contributed by atoms with Crippen molar-refractivity contribution in [2.75, 3.05) is 7.05 Å². The quantitative estimate of drug-likeness (QED) is 0.327. The molecule has 0 saturated heterocycles. The highest BCUT2D eigenvalue weighted by Crippen LogP contribution is 2.20. The van der Waals surface area contributed by atoms with E-state index in [9.17, 15) is 0 Å². The number of aromatic nitrogens is 2. The Hall–Kier alpha value is -1.94. The Kier molecular flexibility index (Phi) is 7.58. The summed E-state index contributed by atoms with van der Waals surface area (Å²) in [4.78, 5) is 14.0. The molecular formula is C18H22IN5OS. The molecule has 1 aromatic carbocycles. The second kappa shape index (κ2) is 9.67. The molecule has 2 aromatic heterocycles. The van der Waals surface area contributed by atoms with E-state index in [4.69, 9.17) is 4.42 Å². The van der Waals surface area contributed by atoms with Gasteiger partial charge in [0.1, 0.15) is 5.01 Å². The number of benzene rings is 1. The lowest BCUT2D eigenvalue weighted by Gasteiger charge is -2.09. The minimum absolute atomic E-state index is 0. The van der Waals surface area contributed by atoms with Gasteiger partial charge in [-0.3, -0.25) is 4.99 Å². The monoisotopic (exact) mass is 483 g/mol. The number of nitrogens with one attached hydrogen (secondary N) is 2. The van der Waals surface area contributed by atoms with Gasteiger partial charge < -0.3 is 15.1 Å². The van der Waals surface area contributed by atoms with E-state index in [-0.39, 0.29) is 24.0 Å². The zero-order chi connectivity index (χ0) is 17.6. The van der Waals surface area contributed by atoms with E-state index < -0.39 is 0 Å². The number of nitrogens with zero attached hydrogens (tertiary/aromatic N) is 3. The van der Waals surface area contributed by atoms with Crippen molar-refractivity contribution in [3.05, 3.63) is 58.0 Å². The van der Waals surface area contributed by atoms with Gasteiger partial charge in [0.05, 0.1) is 19.3 Å². The van der Waals surface area contributed by atoms with Crippen LogP contribution in [0.25, 0.3) is 11.3 Å². The van der Waals surface area contributed by atoms with Gasteiger partial charge in [-0.15, -0.1) is 35.3 Å². The molecule has 2 heterocycles. The molecule has 6 nitrogen and oxygen atoms in total. The Labute approximate surface area is 174 Å². The van der Waals surface area contributed by atoms with Gasteiger partial charge in [-0.05, 0) is 13.8 Å². The third-order valence-corrected chi connectivity index (χ3v) is 4.51. The van der Waals surface area contributed by atoms with E-state index in [1.54, 1.807) is 24.6 Å². The van der Waals surface area contributed by atoms with Gasteiger partial charge in [-0.2, -0.15) is 0 Å². The number of guanidine groups is 1. The molecule has 2 N–H and O–H groups in total. The van der Waals surface area contributed by atoms with Crippen LogP contribution in [-0.2, 0) is 13.1 Å². The Bertz CT molecular complexity index is 857. The van der Waals surface area contributed by atoms with E-state index in [1.807, 2.05) is 25.3 Å². The first kappa shape index (κ1) is 20.4. The highest BCUT2D eigenvalue weighted by atomic mass is 127. The maximum Gasteiger partial charge on any atom is 0.214 e. The number of halogens is 1. The summed E-state index contributed by atoms with van der Waals surface area (Å²) >= 11 is 1.67. The average Bonchev–Trinajstić information content (AvgIpc) is 3.25. The molecule has 0 bridgehead atoms. The second-order valence-electron chi connectivity index (χ2n) is 5.63. The largest absolute Gasteiger partial charge is 0.439 e. The van der Waals surface area contributed by atoms with Crippen molar-refractivity contribution in [1.29, 1.82) is 0 Å². The summed E-state index contributed by atoms with van der Waals surface area (Å²) in [5.41, 5.74) is 2.24. The summed E-state index contributed by atoms with van der Waals surface area (Å²) in [6, 6.07) is 8.18. The van der Waals surface area contributed by atoms with Gasteiger partial charge in [-0.25, -0.2) is 9.97 Å². The first-order valence-corrected chi connectivity index (χ1v) is 8.83. The lowest BCUT2D eigenvalue weighted by molar-refractivity contribution is 0.497. The number of rotatable bonds is 5. The highest BCUT2D eigenvalue weighted by molar-refractivity contribution is 14.0. The highest BCUT2D eigenvalue weighted by Gasteiger charge is 2.07. The van der Waals surface area contributed by atoms with Crippen molar-refractivity contribution in [2.24, 2.45) is 4.99 Å². The molecule has 0 aliphatic carbocycles. The van der Waals surface area contributed by atoms with Gasteiger partial charge in [0.15, 0.2) is 11.7 Å². The standard InChI is InChI=1S/C18H21N5OS.HI/c1-12-4-6-14(7-5-12)15-9-20-16(24-15)10-22-18(19-3)23-11-17-21-8-13(2)25-17;/h4-9H,10-11H2,1-3H3,(H2,19,22,23);1H. The predicted octanol–water partition coefficient (Wildman–Crippen LogP) is 3.90. The fraction of sp³-hybridized carbons (Fsp3) is 0.278. The summed E-state index contributed by atoms with van der Waals surface area (Å²) in [6.45, 7) is 5.20. The molecule has 0 saturated carbocycles. The number of aliphatic imine (C=N–C) groups is 1. The predicted molar refractivity (Wildman–Crippen MR) is 116 cm³/mol. The van der Waals surface area contributed by atoms with E-state index in [1.165, 1.54) is 10.4 Å². The maximum absolute atomic E-state index is 5.80. The van der Waals surface area contributed by atoms with Crippen LogP contribution in [0.4, 0.5) is 0 Å². The van der Waals surface area contributed by atoms with Gasteiger partial charge >= 0.3 is 0 Å². The number of aryl methyl sites for hydroxylation is 2. The fourth-order valence-corrected chi connectivity index (χ4v) is 2.99. The molecule has 138 valence electrons. The van der Waals surface area contributed by atoms with Crippen LogP contribution < -0.4 is 10.6 Å². The van der Waals surface area contributed by atoms with Crippen molar-refractivity contribution >= 4 is 41.3 Å². The van der Waals surface area contributed by atoms with Gasteiger partial charge in [-0.1, -0.05) is 29.8 Å².